The van der Waals surface area contributed by atoms with E-state index in [1.54, 1.807) is 0 Å². The van der Waals surface area contributed by atoms with Crippen LogP contribution in [0.15, 0.2) is 0 Å². The van der Waals surface area contributed by atoms with Crippen LogP contribution >= 0.6 is 0 Å². The summed E-state index contributed by atoms with van der Waals surface area (Å²) in [4.78, 5) is 5.28. The van der Waals surface area contributed by atoms with Crippen LogP contribution in [0.1, 0.15) is 52.4 Å². The molecule has 0 aromatic rings. The Morgan fingerprint density at radius 1 is 1.10 bits per heavy atom. The van der Waals surface area contributed by atoms with E-state index in [0.717, 1.165) is 24.8 Å². The van der Waals surface area contributed by atoms with Crippen LogP contribution in [0.3, 0.4) is 0 Å². The molecule has 3 nitrogen and oxygen atoms in total. The number of aliphatic hydroxyl groups is 1. The molecule has 1 aliphatic carbocycles. The molecule has 0 aromatic carbocycles. The minimum Gasteiger partial charge on any atom is -0.396 e. The predicted molar refractivity (Wildman–Crippen MR) is 84.9 cm³/mol. The summed E-state index contributed by atoms with van der Waals surface area (Å²) >= 11 is 0. The van der Waals surface area contributed by atoms with Crippen LogP contribution in [0.4, 0.5) is 0 Å². The third kappa shape index (κ3) is 5.01. The molecule has 1 atom stereocenters. The van der Waals surface area contributed by atoms with E-state index in [2.05, 4.69) is 23.6 Å². The minimum absolute atomic E-state index is 0.335. The SMILES string of the molecule is CC(C)CN1CCN(CC2CCCCC2)C(CCO)C1. The summed E-state index contributed by atoms with van der Waals surface area (Å²) in [5.41, 5.74) is 0. The molecule has 2 rings (SSSR count). The summed E-state index contributed by atoms with van der Waals surface area (Å²) in [6.07, 6.45) is 8.11. The zero-order valence-corrected chi connectivity index (χ0v) is 13.6. The Morgan fingerprint density at radius 3 is 2.50 bits per heavy atom. The second-order valence-electron chi connectivity index (χ2n) is 7.32. The Hall–Kier alpha value is -0.120. The summed E-state index contributed by atoms with van der Waals surface area (Å²) in [7, 11) is 0. The fraction of sp³-hybridized carbons (Fsp3) is 1.00. The van der Waals surface area contributed by atoms with Crippen molar-refractivity contribution in [1.82, 2.24) is 9.80 Å². The van der Waals surface area contributed by atoms with Crippen molar-refractivity contribution in [2.75, 3.05) is 39.3 Å². The van der Waals surface area contributed by atoms with Crippen molar-refractivity contribution in [1.29, 1.82) is 0 Å². The zero-order chi connectivity index (χ0) is 14.4. The third-order valence-electron chi connectivity index (χ3n) is 4.99. The van der Waals surface area contributed by atoms with Crippen molar-refractivity contribution in [3.63, 3.8) is 0 Å². The van der Waals surface area contributed by atoms with Gasteiger partial charge in [0.2, 0.25) is 0 Å². The van der Waals surface area contributed by atoms with Crippen LogP contribution in [-0.4, -0.2) is 60.3 Å². The van der Waals surface area contributed by atoms with Crippen molar-refractivity contribution < 1.29 is 5.11 Å². The number of piperazine rings is 1. The Labute approximate surface area is 125 Å². The predicted octanol–water partition coefficient (Wildman–Crippen LogP) is 2.59. The van der Waals surface area contributed by atoms with Gasteiger partial charge in [0.05, 0.1) is 0 Å². The molecular formula is C17H34N2O. The number of hydrogen-bond donors (Lipinski definition) is 1. The summed E-state index contributed by atoms with van der Waals surface area (Å²) in [5.74, 6) is 1.66. The first-order valence-corrected chi connectivity index (χ1v) is 8.76. The second kappa shape index (κ2) is 8.35. The highest BCUT2D eigenvalue weighted by Gasteiger charge is 2.28. The fourth-order valence-electron chi connectivity index (χ4n) is 4.00. The Morgan fingerprint density at radius 2 is 1.85 bits per heavy atom. The lowest BCUT2D eigenvalue weighted by atomic mass is 9.88. The van der Waals surface area contributed by atoms with Crippen LogP contribution in [0.5, 0.6) is 0 Å². The smallest absolute Gasteiger partial charge is 0.0446 e. The van der Waals surface area contributed by atoms with E-state index < -0.39 is 0 Å². The van der Waals surface area contributed by atoms with Gasteiger partial charge in [-0.2, -0.15) is 0 Å². The average molecular weight is 282 g/mol. The van der Waals surface area contributed by atoms with Gasteiger partial charge in [0.1, 0.15) is 0 Å². The monoisotopic (exact) mass is 282 g/mol. The van der Waals surface area contributed by atoms with Crippen molar-refractivity contribution in [2.45, 2.75) is 58.4 Å². The van der Waals surface area contributed by atoms with E-state index >= 15 is 0 Å². The van der Waals surface area contributed by atoms with E-state index in [0.29, 0.717) is 12.6 Å². The van der Waals surface area contributed by atoms with Crippen molar-refractivity contribution in [3.8, 4) is 0 Å². The molecule has 0 spiro atoms. The Bertz CT molecular complexity index is 264. The van der Waals surface area contributed by atoms with Crippen LogP contribution in [0.25, 0.3) is 0 Å². The maximum atomic E-state index is 9.37. The molecule has 20 heavy (non-hydrogen) atoms. The van der Waals surface area contributed by atoms with Gasteiger partial charge in [-0.3, -0.25) is 4.90 Å². The lowest BCUT2D eigenvalue weighted by molar-refractivity contribution is 0.0387. The molecule has 1 unspecified atom stereocenters. The van der Waals surface area contributed by atoms with Gasteiger partial charge < -0.3 is 10.0 Å². The van der Waals surface area contributed by atoms with E-state index in [1.807, 2.05) is 0 Å². The van der Waals surface area contributed by atoms with Crippen LogP contribution in [0, 0.1) is 11.8 Å². The molecule has 1 heterocycles. The molecule has 2 fully saturated rings. The first kappa shape index (κ1) is 16.3. The van der Waals surface area contributed by atoms with E-state index in [4.69, 9.17) is 0 Å². The average Bonchev–Trinajstić information content (AvgIpc) is 2.42. The molecular weight excluding hydrogens is 248 g/mol. The summed E-state index contributed by atoms with van der Waals surface area (Å²) in [6, 6.07) is 0.578. The molecule has 1 saturated heterocycles. The molecule has 0 radical (unpaired) electrons. The van der Waals surface area contributed by atoms with Gasteiger partial charge in [-0.15, -0.1) is 0 Å². The highest BCUT2D eigenvalue weighted by Crippen LogP contribution is 2.26. The largest absolute Gasteiger partial charge is 0.396 e. The number of aliphatic hydroxyl groups excluding tert-OH is 1. The lowest BCUT2D eigenvalue weighted by Crippen LogP contribution is -2.55. The van der Waals surface area contributed by atoms with Gasteiger partial charge in [0.15, 0.2) is 0 Å². The number of hydrogen-bond acceptors (Lipinski definition) is 3. The van der Waals surface area contributed by atoms with Gasteiger partial charge >= 0.3 is 0 Å². The highest BCUT2D eigenvalue weighted by atomic mass is 16.3. The van der Waals surface area contributed by atoms with Crippen molar-refractivity contribution in [2.24, 2.45) is 11.8 Å². The standard InChI is InChI=1S/C17H34N2O/c1-15(2)12-18-9-10-19(17(14-18)8-11-20)13-16-6-4-3-5-7-16/h15-17,20H,3-14H2,1-2H3. The van der Waals surface area contributed by atoms with Crippen LogP contribution in [0.2, 0.25) is 0 Å². The first-order valence-electron chi connectivity index (χ1n) is 8.76. The molecule has 1 aliphatic heterocycles. The Balaban J connectivity index is 1.84. The molecule has 0 aromatic heterocycles. The quantitative estimate of drug-likeness (QED) is 0.811. The second-order valence-corrected chi connectivity index (χ2v) is 7.32. The topological polar surface area (TPSA) is 26.7 Å². The highest BCUT2D eigenvalue weighted by molar-refractivity contribution is 4.84. The number of rotatable bonds is 6. The molecule has 1 saturated carbocycles. The van der Waals surface area contributed by atoms with Gasteiger partial charge in [0.25, 0.3) is 0 Å². The van der Waals surface area contributed by atoms with E-state index in [-0.39, 0.29) is 0 Å². The maximum Gasteiger partial charge on any atom is 0.0446 e. The maximum absolute atomic E-state index is 9.37. The van der Waals surface area contributed by atoms with Crippen molar-refractivity contribution >= 4 is 0 Å². The van der Waals surface area contributed by atoms with Gasteiger partial charge in [-0.25, -0.2) is 0 Å². The lowest BCUT2D eigenvalue weighted by Gasteiger charge is -2.43. The molecule has 1 N–H and O–H groups in total. The summed E-state index contributed by atoms with van der Waals surface area (Å²) in [6.45, 7) is 11.0. The molecule has 2 aliphatic rings. The normalized spacial score (nSPS) is 27.3. The van der Waals surface area contributed by atoms with Gasteiger partial charge in [-0.05, 0) is 31.1 Å². The summed E-state index contributed by atoms with van der Waals surface area (Å²) in [5, 5.41) is 9.37. The van der Waals surface area contributed by atoms with Gasteiger partial charge in [-0.1, -0.05) is 33.1 Å². The Kier molecular flexibility index (Phi) is 6.79. The minimum atomic E-state index is 0.335. The summed E-state index contributed by atoms with van der Waals surface area (Å²) < 4.78 is 0. The fourth-order valence-corrected chi connectivity index (χ4v) is 4.00. The van der Waals surface area contributed by atoms with Gasteiger partial charge in [0, 0.05) is 45.4 Å². The molecule has 0 bridgehead atoms. The molecule has 118 valence electrons. The molecule has 3 heteroatoms. The number of nitrogens with zero attached hydrogens (tertiary/aromatic N) is 2. The van der Waals surface area contributed by atoms with Crippen molar-refractivity contribution in [3.05, 3.63) is 0 Å². The zero-order valence-electron chi connectivity index (χ0n) is 13.6. The third-order valence-corrected chi connectivity index (χ3v) is 4.99. The van der Waals surface area contributed by atoms with Crippen LogP contribution < -0.4 is 0 Å². The van der Waals surface area contributed by atoms with E-state index in [9.17, 15) is 5.11 Å². The molecule has 0 amide bonds. The van der Waals surface area contributed by atoms with Crippen LogP contribution in [-0.2, 0) is 0 Å². The first-order chi connectivity index (χ1) is 9.69. The van der Waals surface area contributed by atoms with E-state index in [1.165, 1.54) is 58.3 Å².